The highest BCUT2D eigenvalue weighted by Gasteiger charge is 2.08. The van der Waals surface area contributed by atoms with E-state index in [0.29, 0.717) is 18.7 Å². The van der Waals surface area contributed by atoms with Gasteiger partial charge >= 0.3 is 5.97 Å². The summed E-state index contributed by atoms with van der Waals surface area (Å²) >= 11 is 0. The van der Waals surface area contributed by atoms with E-state index in [1.807, 2.05) is 0 Å². The zero-order chi connectivity index (χ0) is 15.8. The molecule has 0 bridgehead atoms. The number of carboxylic acids is 1. The van der Waals surface area contributed by atoms with Gasteiger partial charge in [0.2, 0.25) is 11.8 Å². The molecule has 0 atom stereocenters. The van der Waals surface area contributed by atoms with Crippen molar-refractivity contribution in [2.75, 3.05) is 13.1 Å². The average Bonchev–Trinajstić information content (AvgIpc) is 2.43. The number of nitrogens with one attached hydrogen (secondary N) is 2. The maximum absolute atomic E-state index is 11.7. The zero-order valence-corrected chi connectivity index (χ0v) is 12.2. The molecule has 0 fully saturated rings. The van der Waals surface area contributed by atoms with Crippen LogP contribution < -0.4 is 10.6 Å². The first-order valence-electron chi connectivity index (χ1n) is 6.76. The molecule has 0 saturated carbocycles. The molecule has 0 spiro atoms. The number of hydrogen-bond donors (Lipinski definition) is 3. The molecule has 0 aliphatic carbocycles. The van der Waals surface area contributed by atoms with Crippen LogP contribution in [-0.2, 0) is 16.0 Å². The predicted molar refractivity (Wildman–Crippen MR) is 78.0 cm³/mol. The van der Waals surface area contributed by atoms with E-state index in [9.17, 15) is 14.4 Å². The summed E-state index contributed by atoms with van der Waals surface area (Å²) in [6.07, 6.45) is 0.110. The number of amides is 2. The van der Waals surface area contributed by atoms with Gasteiger partial charge in [-0.15, -0.1) is 0 Å². The summed E-state index contributed by atoms with van der Waals surface area (Å²) in [5.41, 5.74) is 0.795. The van der Waals surface area contributed by atoms with Crippen LogP contribution in [0.15, 0.2) is 24.3 Å². The van der Waals surface area contributed by atoms with Gasteiger partial charge in [0.25, 0.3) is 0 Å². The zero-order valence-electron chi connectivity index (χ0n) is 12.2. The fourth-order valence-electron chi connectivity index (χ4n) is 1.65. The molecule has 1 aromatic rings. The molecule has 0 aliphatic heterocycles. The minimum absolute atomic E-state index is 0.0570. The first-order chi connectivity index (χ1) is 9.90. The van der Waals surface area contributed by atoms with Crippen LogP contribution in [0.25, 0.3) is 0 Å². The fourth-order valence-corrected chi connectivity index (χ4v) is 1.65. The van der Waals surface area contributed by atoms with Gasteiger partial charge in [-0.05, 0) is 17.7 Å². The number of carbonyl (C=O) groups excluding carboxylic acids is 2. The van der Waals surface area contributed by atoms with E-state index in [4.69, 9.17) is 5.11 Å². The summed E-state index contributed by atoms with van der Waals surface area (Å²) in [6, 6.07) is 6.26. The van der Waals surface area contributed by atoms with Crippen LogP contribution >= 0.6 is 0 Å². The molecular weight excluding hydrogens is 272 g/mol. The van der Waals surface area contributed by atoms with E-state index in [2.05, 4.69) is 10.6 Å². The van der Waals surface area contributed by atoms with Gasteiger partial charge in [-0.1, -0.05) is 26.0 Å². The van der Waals surface area contributed by atoms with Crippen molar-refractivity contribution in [3.8, 4) is 0 Å². The monoisotopic (exact) mass is 292 g/mol. The van der Waals surface area contributed by atoms with E-state index in [1.165, 1.54) is 12.1 Å². The summed E-state index contributed by atoms with van der Waals surface area (Å²) in [5.74, 6) is -1.37. The second kappa shape index (κ2) is 8.04. The van der Waals surface area contributed by atoms with Crippen molar-refractivity contribution in [2.45, 2.75) is 20.3 Å². The van der Waals surface area contributed by atoms with Crippen molar-refractivity contribution in [3.05, 3.63) is 35.4 Å². The van der Waals surface area contributed by atoms with E-state index < -0.39 is 5.97 Å². The van der Waals surface area contributed by atoms with Gasteiger partial charge in [-0.3, -0.25) is 9.59 Å². The maximum atomic E-state index is 11.7. The number of carbonyl (C=O) groups is 3. The van der Waals surface area contributed by atoms with Crippen LogP contribution in [-0.4, -0.2) is 36.0 Å². The second-order valence-electron chi connectivity index (χ2n) is 4.98. The predicted octanol–water partition coefficient (Wildman–Crippen LogP) is 0.816. The van der Waals surface area contributed by atoms with Gasteiger partial charge in [-0.25, -0.2) is 4.79 Å². The summed E-state index contributed by atoms with van der Waals surface area (Å²) in [7, 11) is 0. The Kier molecular flexibility index (Phi) is 6.39. The van der Waals surface area contributed by atoms with Gasteiger partial charge in [0, 0.05) is 19.0 Å². The lowest BCUT2D eigenvalue weighted by Crippen LogP contribution is -2.36. The molecule has 0 aliphatic rings. The van der Waals surface area contributed by atoms with Crippen molar-refractivity contribution >= 4 is 17.8 Å². The van der Waals surface area contributed by atoms with Crippen molar-refractivity contribution in [3.63, 3.8) is 0 Å². The van der Waals surface area contributed by atoms with E-state index >= 15 is 0 Å². The van der Waals surface area contributed by atoms with Gasteiger partial charge in [-0.2, -0.15) is 0 Å². The van der Waals surface area contributed by atoms with Crippen LogP contribution in [0.1, 0.15) is 29.8 Å². The van der Waals surface area contributed by atoms with Crippen molar-refractivity contribution in [2.24, 2.45) is 5.92 Å². The normalized spacial score (nSPS) is 10.2. The van der Waals surface area contributed by atoms with Gasteiger partial charge in [0.1, 0.15) is 0 Å². The number of rotatable bonds is 7. The molecule has 0 radical (unpaired) electrons. The Morgan fingerprint density at radius 1 is 1.14 bits per heavy atom. The molecule has 114 valence electrons. The van der Waals surface area contributed by atoms with Crippen molar-refractivity contribution in [1.29, 1.82) is 0 Å². The Morgan fingerprint density at radius 3 is 2.43 bits per heavy atom. The molecule has 6 heteroatoms. The third-order valence-electron chi connectivity index (χ3n) is 2.81. The van der Waals surface area contributed by atoms with Crippen LogP contribution in [0.3, 0.4) is 0 Å². The lowest BCUT2D eigenvalue weighted by molar-refractivity contribution is -0.124. The van der Waals surface area contributed by atoms with Crippen LogP contribution in [0.5, 0.6) is 0 Å². The minimum Gasteiger partial charge on any atom is -0.478 e. The SMILES string of the molecule is CC(C)C(=O)NCCNC(=O)Cc1cccc(C(=O)O)c1. The highest BCUT2D eigenvalue weighted by Crippen LogP contribution is 2.06. The quantitative estimate of drug-likeness (QED) is 0.648. The highest BCUT2D eigenvalue weighted by atomic mass is 16.4. The summed E-state index contributed by atoms with van der Waals surface area (Å²) in [5, 5.41) is 14.2. The Labute approximate surface area is 123 Å². The third kappa shape index (κ3) is 6.07. The molecule has 0 unspecified atom stereocenters. The first kappa shape index (κ1) is 16.7. The molecule has 3 N–H and O–H groups in total. The summed E-state index contributed by atoms with van der Waals surface area (Å²) in [6.45, 7) is 4.31. The molecule has 2 amide bonds. The first-order valence-corrected chi connectivity index (χ1v) is 6.76. The second-order valence-corrected chi connectivity index (χ2v) is 4.98. The van der Waals surface area contributed by atoms with Gasteiger partial charge < -0.3 is 15.7 Å². The van der Waals surface area contributed by atoms with Crippen molar-refractivity contribution in [1.82, 2.24) is 10.6 Å². The van der Waals surface area contributed by atoms with E-state index in [0.717, 1.165) is 0 Å². The third-order valence-corrected chi connectivity index (χ3v) is 2.81. The van der Waals surface area contributed by atoms with Gasteiger partial charge in [0.05, 0.1) is 12.0 Å². The number of hydrogen-bond acceptors (Lipinski definition) is 3. The average molecular weight is 292 g/mol. The highest BCUT2D eigenvalue weighted by molar-refractivity contribution is 5.88. The molecule has 0 heterocycles. The van der Waals surface area contributed by atoms with Crippen molar-refractivity contribution < 1.29 is 19.5 Å². The topological polar surface area (TPSA) is 95.5 Å². The Bertz CT molecular complexity index is 526. The smallest absolute Gasteiger partial charge is 0.335 e. The lowest BCUT2D eigenvalue weighted by atomic mass is 10.1. The number of carboxylic acid groups (broad SMARTS) is 1. The summed E-state index contributed by atoms with van der Waals surface area (Å²) < 4.78 is 0. The van der Waals surface area contributed by atoms with Gasteiger partial charge in [0.15, 0.2) is 0 Å². The Balaban J connectivity index is 2.35. The molecule has 6 nitrogen and oxygen atoms in total. The number of benzene rings is 1. The molecular formula is C15H20N2O4. The Morgan fingerprint density at radius 2 is 1.81 bits per heavy atom. The van der Waals surface area contributed by atoms with E-state index in [1.54, 1.807) is 26.0 Å². The van der Waals surface area contributed by atoms with Crippen LogP contribution in [0.2, 0.25) is 0 Å². The molecule has 1 rings (SSSR count). The van der Waals surface area contributed by atoms with Crippen LogP contribution in [0, 0.1) is 5.92 Å². The summed E-state index contributed by atoms with van der Waals surface area (Å²) in [4.78, 5) is 33.8. The lowest BCUT2D eigenvalue weighted by Gasteiger charge is -2.09. The molecule has 0 aromatic heterocycles. The minimum atomic E-state index is -1.02. The molecule has 1 aromatic carbocycles. The van der Waals surface area contributed by atoms with E-state index in [-0.39, 0.29) is 29.7 Å². The largest absolute Gasteiger partial charge is 0.478 e. The van der Waals surface area contributed by atoms with Crippen LogP contribution in [0.4, 0.5) is 0 Å². The maximum Gasteiger partial charge on any atom is 0.335 e. The fraction of sp³-hybridized carbons (Fsp3) is 0.400. The Hall–Kier alpha value is -2.37. The molecule has 0 saturated heterocycles. The standard InChI is InChI=1S/C15H20N2O4/c1-10(2)14(19)17-7-6-16-13(18)9-11-4-3-5-12(8-11)15(20)21/h3-5,8,10H,6-7,9H2,1-2H3,(H,16,18)(H,17,19)(H,20,21). The number of aromatic carboxylic acids is 1. The molecule has 21 heavy (non-hydrogen) atoms.